The van der Waals surface area contributed by atoms with E-state index in [1.54, 1.807) is 55.5 Å². The quantitative estimate of drug-likeness (QED) is 0.549. The molecule has 0 aromatic heterocycles. The Balaban J connectivity index is 1.84. The molecular formula is C21H19ClN2O5. The normalized spacial score (nSPS) is 13.7. The summed E-state index contributed by atoms with van der Waals surface area (Å²) in [5, 5.41) is 2.64. The first kappa shape index (κ1) is 20.4. The average molecular weight is 415 g/mol. The minimum atomic E-state index is -0.644. The van der Waals surface area contributed by atoms with Crippen LogP contribution < -0.4 is 15.0 Å². The van der Waals surface area contributed by atoms with Crippen LogP contribution in [0.3, 0.4) is 0 Å². The van der Waals surface area contributed by atoms with E-state index in [2.05, 4.69) is 5.32 Å². The van der Waals surface area contributed by atoms with E-state index in [0.717, 1.165) is 4.90 Å². The van der Waals surface area contributed by atoms with Crippen molar-refractivity contribution in [3.05, 3.63) is 64.8 Å². The van der Waals surface area contributed by atoms with Crippen molar-refractivity contribution in [2.75, 3.05) is 23.4 Å². The highest BCUT2D eigenvalue weighted by Crippen LogP contribution is 2.35. The summed E-state index contributed by atoms with van der Waals surface area (Å²) >= 11 is 6.16. The van der Waals surface area contributed by atoms with Gasteiger partial charge >= 0.3 is 5.97 Å². The molecular weight excluding hydrogens is 396 g/mol. The van der Waals surface area contributed by atoms with Gasteiger partial charge in [-0.3, -0.25) is 9.59 Å². The Bertz CT molecular complexity index is 985. The fourth-order valence-electron chi connectivity index (χ4n) is 2.80. The van der Waals surface area contributed by atoms with Gasteiger partial charge in [0.25, 0.3) is 11.8 Å². The van der Waals surface area contributed by atoms with E-state index in [4.69, 9.17) is 21.1 Å². The summed E-state index contributed by atoms with van der Waals surface area (Å²) in [5.41, 5.74) is 1.13. The first-order valence-electron chi connectivity index (χ1n) is 9.02. The summed E-state index contributed by atoms with van der Waals surface area (Å²) in [7, 11) is 0. The summed E-state index contributed by atoms with van der Waals surface area (Å²) in [4.78, 5) is 38.3. The monoisotopic (exact) mass is 414 g/mol. The molecule has 3 rings (SSSR count). The highest BCUT2D eigenvalue weighted by atomic mass is 35.5. The lowest BCUT2D eigenvalue weighted by atomic mass is 10.2. The van der Waals surface area contributed by atoms with E-state index in [1.165, 1.54) is 0 Å². The van der Waals surface area contributed by atoms with Gasteiger partial charge < -0.3 is 14.8 Å². The van der Waals surface area contributed by atoms with Crippen molar-refractivity contribution in [3.63, 3.8) is 0 Å². The molecule has 0 saturated heterocycles. The van der Waals surface area contributed by atoms with Gasteiger partial charge in [-0.2, -0.15) is 0 Å². The molecule has 0 unspecified atom stereocenters. The van der Waals surface area contributed by atoms with Gasteiger partial charge in [-0.1, -0.05) is 23.7 Å². The van der Waals surface area contributed by atoms with Gasteiger partial charge in [0.1, 0.15) is 16.5 Å². The zero-order chi connectivity index (χ0) is 21.0. The van der Waals surface area contributed by atoms with Crippen LogP contribution in [0.5, 0.6) is 5.75 Å². The number of hydrogen-bond acceptors (Lipinski definition) is 6. The highest BCUT2D eigenvalue weighted by molar-refractivity contribution is 6.53. The van der Waals surface area contributed by atoms with Crippen molar-refractivity contribution in [2.24, 2.45) is 0 Å². The van der Waals surface area contributed by atoms with E-state index in [-0.39, 0.29) is 17.3 Å². The van der Waals surface area contributed by atoms with Crippen LogP contribution in [0.2, 0.25) is 0 Å². The molecule has 1 aliphatic heterocycles. The van der Waals surface area contributed by atoms with Gasteiger partial charge in [-0.25, -0.2) is 9.69 Å². The SMILES string of the molecule is CCOC(=O)c1ccc(NC2=C(Cl)C(=O)N(c3ccccc3OCC)C2=O)cc1. The lowest BCUT2D eigenvalue weighted by Gasteiger charge is -2.18. The second kappa shape index (κ2) is 8.79. The Morgan fingerprint density at radius 2 is 1.69 bits per heavy atom. The molecule has 7 nitrogen and oxygen atoms in total. The zero-order valence-corrected chi connectivity index (χ0v) is 16.7. The molecule has 1 heterocycles. The van der Waals surface area contributed by atoms with E-state index >= 15 is 0 Å². The Morgan fingerprint density at radius 1 is 1.00 bits per heavy atom. The molecule has 2 aromatic rings. The molecule has 0 atom stereocenters. The number of para-hydroxylation sites is 2. The summed E-state index contributed by atoms with van der Waals surface area (Å²) in [6, 6.07) is 13.0. The summed E-state index contributed by atoms with van der Waals surface area (Å²) in [6.45, 7) is 4.19. The fourth-order valence-corrected chi connectivity index (χ4v) is 3.01. The average Bonchev–Trinajstić information content (AvgIpc) is 2.93. The van der Waals surface area contributed by atoms with E-state index in [0.29, 0.717) is 29.3 Å². The fraction of sp³-hybridized carbons (Fsp3) is 0.190. The van der Waals surface area contributed by atoms with Crippen LogP contribution in [0.15, 0.2) is 59.3 Å². The second-order valence-corrected chi connectivity index (χ2v) is 6.34. The predicted octanol–water partition coefficient (Wildman–Crippen LogP) is 3.70. The molecule has 0 fully saturated rings. The van der Waals surface area contributed by atoms with Crippen molar-refractivity contribution in [3.8, 4) is 5.75 Å². The minimum Gasteiger partial charge on any atom is -0.492 e. The standard InChI is InChI=1S/C21H19ClN2O5/c1-3-28-16-8-6-5-7-15(16)24-19(25)17(22)18(20(24)26)23-14-11-9-13(10-12-14)21(27)29-4-2/h5-12,23H,3-4H2,1-2H3. The van der Waals surface area contributed by atoms with Gasteiger partial charge in [0.2, 0.25) is 0 Å². The topological polar surface area (TPSA) is 84.9 Å². The number of amides is 2. The van der Waals surface area contributed by atoms with Crippen LogP contribution in [-0.4, -0.2) is 31.0 Å². The van der Waals surface area contributed by atoms with Crippen LogP contribution in [-0.2, 0) is 14.3 Å². The number of anilines is 2. The Labute approximate surface area is 172 Å². The highest BCUT2D eigenvalue weighted by Gasteiger charge is 2.40. The number of esters is 1. The van der Waals surface area contributed by atoms with Gasteiger partial charge in [0.05, 0.1) is 24.5 Å². The number of hydrogen-bond donors (Lipinski definition) is 1. The number of ether oxygens (including phenoxy) is 2. The Morgan fingerprint density at radius 3 is 2.34 bits per heavy atom. The third kappa shape index (κ3) is 4.09. The van der Waals surface area contributed by atoms with Crippen LogP contribution in [0.25, 0.3) is 0 Å². The molecule has 29 heavy (non-hydrogen) atoms. The lowest BCUT2D eigenvalue weighted by Crippen LogP contribution is -2.32. The van der Waals surface area contributed by atoms with E-state index in [9.17, 15) is 14.4 Å². The number of nitrogens with zero attached hydrogens (tertiary/aromatic N) is 1. The van der Waals surface area contributed by atoms with E-state index in [1.807, 2.05) is 6.92 Å². The van der Waals surface area contributed by atoms with Gasteiger partial charge in [-0.05, 0) is 50.2 Å². The smallest absolute Gasteiger partial charge is 0.338 e. The lowest BCUT2D eigenvalue weighted by molar-refractivity contribution is -0.120. The van der Waals surface area contributed by atoms with Crippen LogP contribution in [0, 0.1) is 0 Å². The van der Waals surface area contributed by atoms with Crippen LogP contribution in [0.1, 0.15) is 24.2 Å². The maximum atomic E-state index is 12.9. The molecule has 2 aromatic carbocycles. The molecule has 0 bridgehead atoms. The number of imide groups is 1. The van der Waals surface area contributed by atoms with Gasteiger partial charge in [0, 0.05) is 5.69 Å². The van der Waals surface area contributed by atoms with Crippen molar-refractivity contribution in [2.45, 2.75) is 13.8 Å². The van der Waals surface area contributed by atoms with Gasteiger partial charge in [0.15, 0.2) is 0 Å². The minimum absolute atomic E-state index is 0.0492. The number of carbonyl (C=O) groups is 3. The molecule has 1 aliphatic rings. The summed E-state index contributed by atoms with van der Waals surface area (Å²) in [6.07, 6.45) is 0. The number of rotatable bonds is 7. The van der Waals surface area contributed by atoms with E-state index < -0.39 is 17.8 Å². The van der Waals surface area contributed by atoms with Crippen molar-refractivity contribution < 1.29 is 23.9 Å². The number of halogens is 1. The molecule has 150 valence electrons. The number of carbonyl (C=O) groups excluding carboxylic acids is 3. The first-order chi connectivity index (χ1) is 14.0. The molecule has 0 spiro atoms. The molecule has 0 aliphatic carbocycles. The Kier molecular flexibility index (Phi) is 6.19. The summed E-state index contributed by atoms with van der Waals surface area (Å²) in [5.74, 6) is -1.28. The van der Waals surface area contributed by atoms with Crippen molar-refractivity contribution >= 4 is 40.8 Å². The van der Waals surface area contributed by atoms with Gasteiger partial charge in [-0.15, -0.1) is 0 Å². The molecule has 1 N–H and O–H groups in total. The number of benzene rings is 2. The largest absolute Gasteiger partial charge is 0.492 e. The zero-order valence-electron chi connectivity index (χ0n) is 15.9. The summed E-state index contributed by atoms with van der Waals surface area (Å²) < 4.78 is 10.5. The maximum absolute atomic E-state index is 12.9. The maximum Gasteiger partial charge on any atom is 0.338 e. The first-order valence-corrected chi connectivity index (χ1v) is 9.40. The molecule has 0 radical (unpaired) electrons. The molecule has 2 amide bonds. The van der Waals surface area contributed by atoms with Crippen LogP contribution in [0.4, 0.5) is 11.4 Å². The molecule has 8 heteroatoms. The van der Waals surface area contributed by atoms with Crippen molar-refractivity contribution in [1.29, 1.82) is 0 Å². The number of nitrogens with one attached hydrogen (secondary N) is 1. The predicted molar refractivity (Wildman–Crippen MR) is 109 cm³/mol. The third-order valence-electron chi connectivity index (χ3n) is 4.10. The van der Waals surface area contributed by atoms with Crippen molar-refractivity contribution in [1.82, 2.24) is 0 Å². The Hall–Kier alpha value is -3.32. The molecule has 0 saturated carbocycles. The third-order valence-corrected chi connectivity index (χ3v) is 4.45. The second-order valence-electron chi connectivity index (χ2n) is 5.96. The van der Waals surface area contributed by atoms with Crippen LogP contribution >= 0.6 is 11.6 Å².